The molecule has 0 aromatic carbocycles. The van der Waals surface area contributed by atoms with Gasteiger partial charge in [0.25, 0.3) is 0 Å². The Morgan fingerprint density at radius 1 is 1.45 bits per heavy atom. The zero-order chi connectivity index (χ0) is 16.1. The number of aliphatic hydroxyl groups is 1. The Labute approximate surface area is 131 Å². The number of aliphatic hydroxyl groups excluding tert-OH is 1. The fraction of sp³-hybridized carbons (Fsp3) is 0.750. The number of nitrogens with one attached hydrogen (secondary N) is 1. The Balaban J connectivity index is 2.12. The van der Waals surface area contributed by atoms with Gasteiger partial charge in [0.1, 0.15) is 11.4 Å². The summed E-state index contributed by atoms with van der Waals surface area (Å²) in [5, 5.41) is 16.6. The number of amides is 2. The summed E-state index contributed by atoms with van der Waals surface area (Å²) in [4.78, 5) is 14.5. The molecule has 2 N–H and O–H groups in total. The third-order valence-electron chi connectivity index (χ3n) is 4.24. The fourth-order valence-corrected chi connectivity index (χ4v) is 3.07. The van der Waals surface area contributed by atoms with Crippen LogP contribution in [0, 0.1) is 6.92 Å². The molecule has 1 atom stereocenters. The first kappa shape index (κ1) is 16.8. The average Bonchev–Trinajstić information content (AvgIpc) is 2.86. The number of carbonyl (C=O) groups excluding carboxylic acids is 1. The number of carbonyl (C=O) groups is 1. The molecule has 2 rings (SSSR count). The molecule has 1 saturated carbocycles. The molecule has 2 amide bonds. The van der Waals surface area contributed by atoms with Gasteiger partial charge in [-0.1, -0.05) is 31.3 Å². The van der Waals surface area contributed by atoms with E-state index in [0.717, 1.165) is 31.4 Å². The van der Waals surface area contributed by atoms with E-state index in [2.05, 4.69) is 10.5 Å². The number of hydrogen-bond donors (Lipinski definition) is 2. The lowest BCUT2D eigenvalue weighted by Gasteiger charge is -2.35. The maximum Gasteiger partial charge on any atom is 0.322 e. The van der Waals surface area contributed by atoms with Crippen LogP contribution in [0.15, 0.2) is 4.52 Å². The van der Waals surface area contributed by atoms with E-state index in [1.54, 1.807) is 18.7 Å². The van der Waals surface area contributed by atoms with E-state index in [-0.39, 0.29) is 12.1 Å². The topological polar surface area (TPSA) is 78.6 Å². The van der Waals surface area contributed by atoms with Crippen LogP contribution < -0.4 is 5.32 Å². The molecule has 1 heterocycles. The zero-order valence-corrected chi connectivity index (χ0v) is 13.8. The smallest absolute Gasteiger partial charge is 0.322 e. The number of urea groups is 1. The third kappa shape index (κ3) is 4.00. The van der Waals surface area contributed by atoms with Crippen molar-refractivity contribution < 1.29 is 14.4 Å². The van der Waals surface area contributed by atoms with E-state index in [4.69, 9.17) is 4.52 Å². The van der Waals surface area contributed by atoms with Crippen molar-refractivity contribution in [1.82, 2.24) is 10.1 Å². The summed E-state index contributed by atoms with van der Waals surface area (Å²) in [5.74, 6) is 0.617. The fourth-order valence-electron chi connectivity index (χ4n) is 3.07. The predicted molar refractivity (Wildman–Crippen MR) is 84.9 cm³/mol. The molecule has 1 fully saturated rings. The van der Waals surface area contributed by atoms with Crippen LogP contribution in [0.1, 0.15) is 57.4 Å². The molecule has 124 valence electrons. The standard InChI is InChI=1S/C16H27N3O3/c1-4-14-15(12(3)22-18-14)17-16(21)19(10-11(2)20)13-8-6-5-7-9-13/h11,13,20H,4-10H2,1-3H3,(H,17,21)/t11-/m1/s1. The zero-order valence-electron chi connectivity index (χ0n) is 13.8. The molecule has 0 unspecified atom stereocenters. The van der Waals surface area contributed by atoms with Gasteiger partial charge in [-0.3, -0.25) is 0 Å². The van der Waals surface area contributed by atoms with E-state index in [1.807, 2.05) is 6.92 Å². The lowest BCUT2D eigenvalue weighted by Crippen LogP contribution is -2.47. The van der Waals surface area contributed by atoms with Gasteiger partial charge in [0.05, 0.1) is 6.10 Å². The second-order valence-corrected chi connectivity index (χ2v) is 6.14. The normalized spacial score (nSPS) is 17.3. The molecule has 0 bridgehead atoms. The Morgan fingerprint density at radius 2 is 2.14 bits per heavy atom. The molecule has 6 heteroatoms. The highest BCUT2D eigenvalue weighted by Gasteiger charge is 2.27. The van der Waals surface area contributed by atoms with Gasteiger partial charge in [-0.15, -0.1) is 0 Å². The minimum atomic E-state index is -0.540. The van der Waals surface area contributed by atoms with Crippen LogP contribution in [-0.2, 0) is 6.42 Å². The van der Waals surface area contributed by atoms with Crippen LogP contribution in [0.2, 0.25) is 0 Å². The monoisotopic (exact) mass is 309 g/mol. The minimum Gasteiger partial charge on any atom is -0.392 e. The molecule has 1 aliphatic carbocycles. The van der Waals surface area contributed by atoms with E-state index < -0.39 is 6.10 Å². The molecular weight excluding hydrogens is 282 g/mol. The lowest BCUT2D eigenvalue weighted by molar-refractivity contribution is 0.105. The summed E-state index contributed by atoms with van der Waals surface area (Å²) >= 11 is 0. The second kappa shape index (κ2) is 7.63. The predicted octanol–water partition coefficient (Wildman–Crippen LogP) is 3.09. The minimum absolute atomic E-state index is 0.172. The van der Waals surface area contributed by atoms with Crippen molar-refractivity contribution in [3.05, 3.63) is 11.5 Å². The quantitative estimate of drug-likeness (QED) is 0.876. The molecule has 1 aromatic rings. The van der Waals surface area contributed by atoms with Crippen LogP contribution in [0.4, 0.5) is 10.5 Å². The molecular formula is C16H27N3O3. The van der Waals surface area contributed by atoms with Crippen LogP contribution >= 0.6 is 0 Å². The van der Waals surface area contributed by atoms with E-state index in [9.17, 15) is 9.90 Å². The highest BCUT2D eigenvalue weighted by molar-refractivity contribution is 5.90. The molecule has 6 nitrogen and oxygen atoms in total. The summed E-state index contributed by atoms with van der Waals surface area (Å²) in [5.41, 5.74) is 1.42. The van der Waals surface area contributed by atoms with Crippen molar-refractivity contribution >= 4 is 11.7 Å². The first-order valence-electron chi connectivity index (χ1n) is 8.23. The molecule has 0 radical (unpaired) electrons. The third-order valence-corrected chi connectivity index (χ3v) is 4.24. The molecule has 1 aliphatic rings. The summed E-state index contributed by atoms with van der Waals surface area (Å²) < 4.78 is 5.16. The van der Waals surface area contributed by atoms with Crippen LogP contribution in [0.3, 0.4) is 0 Å². The van der Waals surface area contributed by atoms with Crippen molar-refractivity contribution in [1.29, 1.82) is 0 Å². The van der Waals surface area contributed by atoms with E-state index >= 15 is 0 Å². The number of rotatable bonds is 5. The van der Waals surface area contributed by atoms with Gasteiger partial charge in [-0.05, 0) is 33.1 Å². The van der Waals surface area contributed by atoms with Crippen LogP contribution in [-0.4, -0.2) is 39.9 Å². The van der Waals surface area contributed by atoms with Crippen LogP contribution in [0.25, 0.3) is 0 Å². The van der Waals surface area contributed by atoms with Gasteiger partial charge in [0.2, 0.25) is 0 Å². The number of hydrogen-bond acceptors (Lipinski definition) is 4. The average molecular weight is 309 g/mol. The Bertz CT molecular complexity index is 493. The molecule has 0 spiro atoms. The maximum absolute atomic E-state index is 12.7. The Kier molecular flexibility index (Phi) is 5.83. The van der Waals surface area contributed by atoms with Gasteiger partial charge >= 0.3 is 6.03 Å². The summed E-state index contributed by atoms with van der Waals surface area (Å²) in [6, 6.07) is 0.0300. The van der Waals surface area contributed by atoms with Crippen LogP contribution in [0.5, 0.6) is 0 Å². The summed E-state index contributed by atoms with van der Waals surface area (Å²) in [6.45, 7) is 5.83. The van der Waals surface area contributed by atoms with Gasteiger partial charge in [0.15, 0.2) is 5.76 Å². The second-order valence-electron chi connectivity index (χ2n) is 6.14. The highest BCUT2D eigenvalue weighted by Crippen LogP contribution is 2.25. The SMILES string of the molecule is CCc1noc(C)c1NC(=O)N(C[C@@H](C)O)C1CCCCC1. The number of nitrogens with zero attached hydrogens (tertiary/aromatic N) is 2. The largest absolute Gasteiger partial charge is 0.392 e. The van der Waals surface area contributed by atoms with Crippen molar-refractivity contribution in [3.63, 3.8) is 0 Å². The lowest BCUT2D eigenvalue weighted by atomic mass is 9.94. The van der Waals surface area contributed by atoms with E-state index in [0.29, 0.717) is 24.4 Å². The van der Waals surface area contributed by atoms with Crippen molar-refractivity contribution in [2.45, 2.75) is 71.4 Å². The summed E-state index contributed by atoms with van der Waals surface area (Å²) in [6.07, 6.45) is 5.67. The highest BCUT2D eigenvalue weighted by atomic mass is 16.5. The molecule has 0 saturated heterocycles. The van der Waals surface area contributed by atoms with Gasteiger partial charge in [0, 0.05) is 12.6 Å². The molecule has 1 aromatic heterocycles. The Hall–Kier alpha value is -1.56. The van der Waals surface area contributed by atoms with Gasteiger partial charge in [-0.2, -0.15) is 0 Å². The first-order valence-corrected chi connectivity index (χ1v) is 8.23. The molecule has 22 heavy (non-hydrogen) atoms. The number of aromatic nitrogens is 1. The van der Waals surface area contributed by atoms with Crippen molar-refractivity contribution in [2.75, 3.05) is 11.9 Å². The maximum atomic E-state index is 12.7. The Morgan fingerprint density at radius 3 is 2.73 bits per heavy atom. The van der Waals surface area contributed by atoms with Gasteiger partial charge in [-0.25, -0.2) is 4.79 Å². The van der Waals surface area contributed by atoms with Gasteiger partial charge < -0.3 is 19.8 Å². The van der Waals surface area contributed by atoms with Crippen molar-refractivity contribution in [3.8, 4) is 0 Å². The first-order chi connectivity index (χ1) is 10.5. The van der Waals surface area contributed by atoms with Crippen molar-refractivity contribution in [2.24, 2.45) is 0 Å². The summed E-state index contributed by atoms with van der Waals surface area (Å²) in [7, 11) is 0. The number of anilines is 1. The number of aryl methyl sites for hydroxylation is 2. The van der Waals surface area contributed by atoms with E-state index in [1.165, 1.54) is 6.42 Å². The molecule has 0 aliphatic heterocycles.